The SMILES string of the molecule is CS(=O)(=O)CCC(NC(=O)NC1CCS(=O)(=O)C1)C(=O)O. The second-order valence-corrected chi connectivity index (χ2v) is 9.52. The average molecular weight is 342 g/mol. The highest BCUT2D eigenvalue weighted by atomic mass is 32.2. The highest BCUT2D eigenvalue weighted by Gasteiger charge is 2.30. The standard InChI is InChI=1S/C10H18N2O7S2/c1-20(16,17)4-3-8(9(13)14)12-10(15)11-7-2-5-21(18,19)6-7/h7-8H,2-6H2,1H3,(H,13,14)(H2,11,12,15). The Hall–Kier alpha value is -1.36. The molecule has 1 aliphatic heterocycles. The van der Waals surface area contributed by atoms with E-state index < -0.39 is 43.8 Å². The number of aliphatic carboxylic acids is 1. The van der Waals surface area contributed by atoms with Crippen LogP contribution >= 0.6 is 0 Å². The summed E-state index contributed by atoms with van der Waals surface area (Å²) < 4.78 is 44.5. The molecular weight excluding hydrogens is 324 g/mol. The number of nitrogens with one attached hydrogen (secondary N) is 2. The number of carboxylic acids is 1. The molecule has 0 aromatic heterocycles. The number of carbonyl (C=O) groups excluding carboxylic acids is 1. The topological polar surface area (TPSA) is 147 Å². The van der Waals surface area contributed by atoms with Crippen LogP contribution in [-0.4, -0.2) is 69.5 Å². The van der Waals surface area contributed by atoms with E-state index in [1.54, 1.807) is 0 Å². The highest BCUT2D eigenvalue weighted by molar-refractivity contribution is 7.91. The van der Waals surface area contributed by atoms with Crippen LogP contribution in [0, 0.1) is 0 Å². The van der Waals surface area contributed by atoms with Crippen molar-refractivity contribution in [2.75, 3.05) is 23.5 Å². The van der Waals surface area contributed by atoms with E-state index in [0.717, 1.165) is 6.26 Å². The van der Waals surface area contributed by atoms with Crippen LogP contribution in [0.4, 0.5) is 4.79 Å². The molecule has 1 aliphatic rings. The van der Waals surface area contributed by atoms with Crippen molar-refractivity contribution in [2.24, 2.45) is 0 Å². The van der Waals surface area contributed by atoms with Gasteiger partial charge in [-0.15, -0.1) is 0 Å². The molecule has 11 heteroatoms. The molecule has 0 radical (unpaired) electrons. The van der Waals surface area contributed by atoms with E-state index in [0.29, 0.717) is 0 Å². The van der Waals surface area contributed by atoms with Crippen molar-refractivity contribution in [3.8, 4) is 0 Å². The minimum Gasteiger partial charge on any atom is -0.480 e. The van der Waals surface area contributed by atoms with E-state index in [1.165, 1.54) is 0 Å². The summed E-state index contributed by atoms with van der Waals surface area (Å²) in [6.07, 6.45) is 0.983. The van der Waals surface area contributed by atoms with Gasteiger partial charge >= 0.3 is 12.0 Å². The minimum atomic E-state index is -3.34. The summed E-state index contributed by atoms with van der Waals surface area (Å²) in [5, 5.41) is 13.4. The van der Waals surface area contributed by atoms with Crippen LogP contribution in [0.25, 0.3) is 0 Å². The molecule has 1 fully saturated rings. The number of amides is 2. The van der Waals surface area contributed by atoms with Crippen LogP contribution in [0.2, 0.25) is 0 Å². The Bertz CT molecular complexity index is 611. The first kappa shape index (κ1) is 17.7. The molecule has 0 aromatic carbocycles. The van der Waals surface area contributed by atoms with Crippen molar-refractivity contribution >= 4 is 31.7 Å². The lowest BCUT2D eigenvalue weighted by molar-refractivity contribution is -0.139. The molecule has 0 saturated carbocycles. The number of carbonyl (C=O) groups is 2. The van der Waals surface area contributed by atoms with E-state index in [-0.39, 0.29) is 30.1 Å². The molecule has 0 aliphatic carbocycles. The summed E-state index contributed by atoms with van der Waals surface area (Å²) in [4.78, 5) is 22.6. The molecule has 0 bridgehead atoms. The largest absolute Gasteiger partial charge is 0.480 e. The molecule has 1 heterocycles. The van der Waals surface area contributed by atoms with Gasteiger partial charge < -0.3 is 15.7 Å². The lowest BCUT2D eigenvalue weighted by atomic mass is 10.2. The molecule has 1 saturated heterocycles. The van der Waals surface area contributed by atoms with Crippen molar-refractivity contribution in [1.82, 2.24) is 10.6 Å². The Morgan fingerprint density at radius 3 is 2.43 bits per heavy atom. The van der Waals surface area contributed by atoms with E-state index in [1.807, 2.05) is 0 Å². The van der Waals surface area contributed by atoms with Crippen molar-refractivity contribution in [3.05, 3.63) is 0 Å². The Kier molecular flexibility index (Phi) is 5.56. The maximum atomic E-state index is 11.6. The molecular formula is C10H18N2O7S2. The predicted octanol–water partition coefficient (Wildman–Crippen LogP) is -1.64. The lowest BCUT2D eigenvalue weighted by Crippen LogP contribution is -2.49. The summed E-state index contributed by atoms with van der Waals surface area (Å²) in [6, 6.07) is -2.73. The van der Waals surface area contributed by atoms with Crippen LogP contribution in [0.5, 0.6) is 0 Å². The van der Waals surface area contributed by atoms with Crippen molar-refractivity contribution in [2.45, 2.75) is 24.9 Å². The Morgan fingerprint density at radius 1 is 1.38 bits per heavy atom. The van der Waals surface area contributed by atoms with Crippen LogP contribution < -0.4 is 10.6 Å². The highest BCUT2D eigenvalue weighted by Crippen LogP contribution is 2.11. The molecule has 122 valence electrons. The number of urea groups is 1. The summed E-state index contributed by atoms with van der Waals surface area (Å²) in [5.74, 6) is -1.93. The van der Waals surface area contributed by atoms with E-state index in [4.69, 9.17) is 5.11 Å². The van der Waals surface area contributed by atoms with Crippen LogP contribution in [0.3, 0.4) is 0 Å². The van der Waals surface area contributed by atoms with Crippen molar-refractivity contribution in [3.63, 3.8) is 0 Å². The third kappa shape index (κ3) is 6.76. The van der Waals surface area contributed by atoms with Crippen molar-refractivity contribution in [1.29, 1.82) is 0 Å². The molecule has 1 rings (SSSR count). The number of hydrogen-bond acceptors (Lipinski definition) is 6. The van der Waals surface area contributed by atoms with Gasteiger partial charge in [0, 0.05) is 12.3 Å². The third-order valence-electron chi connectivity index (χ3n) is 2.95. The van der Waals surface area contributed by atoms with Gasteiger partial charge in [0.25, 0.3) is 0 Å². The number of rotatable bonds is 6. The van der Waals surface area contributed by atoms with Gasteiger partial charge in [0.2, 0.25) is 0 Å². The second-order valence-electron chi connectivity index (χ2n) is 5.03. The van der Waals surface area contributed by atoms with Gasteiger partial charge in [-0.3, -0.25) is 0 Å². The Labute approximate surface area is 122 Å². The molecule has 0 aromatic rings. The van der Waals surface area contributed by atoms with Crippen LogP contribution in [0.15, 0.2) is 0 Å². The van der Waals surface area contributed by atoms with Gasteiger partial charge in [0.05, 0.1) is 17.3 Å². The summed E-state index contributed by atoms with van der Waals surface area (Å²) >= 11 is 0. The predicted molar refractivity (Wildman–Crippen MR) is 74.5 cm³/mol. The molecule has 2 unspecified atom stereocenters. The first-order valence-electron chi connectivity index (χ1n) is 6.16. The zero-order chi connectivity index (χ0) is 16.3. The van der Waals surface area contributed by atoms with E-state index in [9.17, 15) is 26.4 Å². The fourth-order valence-corrected chi connectivity index (χ4v) is 4.22. The summed E-state index contributed by atoms with van der Waals surface area (Å²) in [7, 11) is -6.49. The number of carboxylic acid groups (broad SMARTS) is 1. The minimum absolute atomic E-state index is 0.0195. The van der Waals surface area contributed by atoms with E-state index >= 15 is 0 Å². The van der Waals surface area contributed by atoms with E-state index in [2.05, 4.69) is 10.6 Å². The average Bonchev–Trinajstić information content (AvgIpc) is 2.62. The monoisotopic (exact) mass is 342 g/mol. The van der Waals surface area contributed by atoms with Crippen LogP contribution in [0.1, 0.15) is 12.8 Å². The first-order chi connectivity index (χ1) is 9.48. The molecule has 2 amide bonds. The maximum Gasteiger partial charge on any atom is 0.326 e. The maximum absolute atomic E-state index is 11.6. The molecule has 21 heavy (non-hydrogen) atoms. The van der Waals surface area contributed by atoms with Gasteiger partial charge in [-0.1, -0.05) is 0 Å². The molecule has 0 spiro atoms. The fourth-order valence-electron chi connectivity index (χ4n) is 1.88. The third-order valence-corrected chi connectivity index (χ3v) is 5.69. The molecule has 9 nitrogen and oxygen atoms in total. The molecule has 3 N–H and O–H groups in total. The fraction of sp³-hybridized carbons (Fsp3) is 0.800. The van der Waals surface area contributed by atoms with Gasteiger partial charge in [0.15, 0.2) is 9.84 Å². The second kappa shape index (κ2) is 6.60. The first-order valence-corrected chi connectivity index (χ1v) is 10.0. The zero-order valence-corrected chi connectivity index (χ0v) is 13.0. The van der Waals surface area contributed by atoms with Gasteiger partial charge in [0.1, 0.15) is 15.9 Å². The Balaban J connectivity index is 2.51. The Morgan fingerprint density at radius 2 is 2.00 bits per heavy atom. The zero-order valence-electron chi connectivity index (χ0n) is 11.4. The molecule has 2 atom stereocenters. The smallest absolute Gasteiger partial charge is 0.326 e. The summed E-state index contributed by atoms with van der Waals surface area (Å²) in [6.45, 7) is 0. The number of sulfone groups is 2. The lowest BCUT2D eigenvalue weighted by Gasteiger charge is -2.17. The summed E-state index contributed by atoms with van der Waals surface area (Å²) in [5.41, 5.74) is 0. The van der Waals surface area contributed by atoms with Gasteiger partial charge in [-0.2, -0.15) is 0 Å². The quantitative estimate of drug-likeness (QED) is 0.524. The van der Waals surface area contributed by atoms with Gasteiger partial charge in [-0.25, -0.2) is 26.4 Å². The van der Waals surface area contributed by atoms with Crippen LogP contribution in [-0.2, 0) is 24.5 Å². The number of hydrogen-bond donors (Lipinski definition) is 3. The normalized spacial score (nSPS) is 22.4. The van der Waals surface area contributed by atoms with Crippen molar-refractivity contribution < 1.29 is 31.5 Å². The van der Waals surface area contributed by atoms with Gasteiger partial charge in [-0.05, 0) is 12.8 Å².